The molecule has 8 nitrogen and oxygen atoms in total. The third-order valence-electron chi connectivity index (χ3n) is 2.29. The molecule has 0 spiro atoms. The number of rotatable bonds is 2. The van der Waals surface area contributed by atoms with E-state index < -0.39 is 0 Å². The van der Waals surface area contributed by atoms with Crippen molar-refractivity contribution < 1.29 is 9.26 Å². The minimum Gasteiger partial charge on any atom is -0.378 e. The van der Waals surface area contributed by atoms with Crippen molar-refractivity contribution in [1.82, 2.24) is 30.6 Å². The Labute approximate surface area is 90.4 Å². The van der Waals surface area contributed by atoms with Crippen molar-refractivity contribution in [3.8, 4) is 11.6 Å². The summed E-state index contributed by atoms with van der Waals surface area (Å²) in [6.07, 6.45) is 1.40. The Balaban J connectivity index is 1.82. The van der Waals surface area contributed by atoms with Crippen molar-refractivity contribution in [1.29, 1.82) is 0 Å². The van der Waals surface area contributed by atoms with E-state index in [2.05, 4.69) is 30.6 Å². The van der Waals surface area contributed by atoms with E-state index in [4.69, 9.17) is 9.26 Å². The number of hydrogen-bond acceptors (Lipinski definition) is 7. The van der Waals surface area contributed by atoms with Crippen LogP contribution in [0.1, 0.15) is 11.9 Å². The molecule has 0 radical (unpaired) electrons. The van der Waals surface area contributed by atoms with Gasteiger partial charge in [-0.3, -0.25) is 5.10 Å². The van der Waals surface area contributed by atoms with E-state index in [9.17, 15) is 0 Å². The SMILES string of the molecule is c1n[nH]c(-c2noc(C3COCCN3)n2)n1. The molecule has 1 atom stereocenters. The summed E-state index contributed by atoms with van der Waals surface area (Å²) in [5, 5.41) is 13.4. The van der Waals surface area contributed by atoms with Gasteiger partial charge in [-0.1, -0.05) is 5.16 Å². The van der Waals surface area contributed by atoms with Gasteiger partial charge in [-0.2, -0.15) is 10.1 Å². The van der Waals surface area contributed by atoms with Gasteiger partial charge in [-0.25, -0.2) is 4.98 Å². The normalized spacial score (nSPS) is 21.1. The van der Waals surface area contributed by atoms with Crippen molar-refractivity contribution >= 4 is 0 Å². The number of aromatic nitrogens is 5. The quantitative estimate of drug-likeness (QED) is 0.707. The molecule has 0 aromatic carbocycles. The summed E-state index contributed by atoms with van der Waals surface area (Å²) in [6, 6.07) is -0.0436. The number of nitrogens with zero attached hydrogens (tertiary/aromatic N) is 4. The van der Waals surface area contributed by atoms with Gasteiger partial charge in [-0.15, -0.1) is 0 Å². The Kier molecular flexibility index (Phi) is 2.35. The first-order chi connectivity index (χ1) is 7.93. The zero-order chi connectivity index (χ0) is 10.8. The molecule has 0 bridgehead atoms. The predicted molar refractivity (Wildman–Crippen MR) is 51.2 cm³/mol. The minimum atomic E-state index is -0.0436. The number of morpholine rings is 1. The van der Waals surface area contributed by atoms with Gasteiger partial charge >= 0.3 is 0 Å². The predicted octanol–water partition coefficient (Wildman–Crippen LogP) is -0.484. The molecule has 3 rings (SSSR count). The molecule has 2 aromatic rings. The Bertz CT molecular complexity index is 447. The summed E-state index contributed by atoms with van der Waals surface area (Å²) in [6.45, 7) is 2.03. The minimum absolute atomic E-state index is 0.0436. The lowest BCUT2D eigenvalue weighted by Gasteiger charge is -2.20. The van der Waals surface area contributed by atoms with Gasteiger partial charge in [0.15, 0.2) is 5.82 Å². The second-order valence-electron chi connectivity index (χ2n) is 3.37. The van der Waals surface area contributed by atoms with Crippen LogP contribution in [0.2, 0.25) is 0 Å². The van der Waals surface area contributed by atoms with Crippen molar-refractivity contribution in [3.63, 3.8) is 0 Å². The maximum Gasteiger partial charge on any atom is 0.246 e. The summed E-state index contributed by atoms with van der Waals surface area (Å²) in [7, 11) is 0. The standard InChI is InChI=1S/C8H10N6O2/c1-2-15-3-5(9-1)8-12-7(14-16-8)6-10-4-11-13-6/h4-5,9H,1-3H2,(H,10,11,13). The maximum absolute atomic E-state index is 5.31. The molecule has 1 aliphatic heterocycles. The van der Waals surface area contributed by atoms with Gasteiger partial charge in [0.1, 0.15) is 12.4 Å². The van der Waals surface area contributed by atoms with Crippen molar-refractivity contribution in [3.05, 3.63) is 12.2 Å². The summed E-state index contributed by atoms with van der Waals surface area (Å²) in [5.41, 5.74) is 0. The Morgan fingerprint density at radius 1 is 1.44 bits per heavy atom. The monoisotopic (exact) mass is 222 g/mol. The van der Waals surface area contributed by atoms with Crippen LogP contribution in [0, 0.1) is 0 Å². The summed E-state index contributed by atoms with van der Waals surface area (Å²) < 4.78 is 10.4. The highest BCUT2D eigenvalue weighted by Crippen LogP contribution is 2.16. The van der Waals surface area contributed by atoms with Gasteiger partial charge in [0, 0.05) is 6.54 Å². The molecule has 2 aromatic heterocycles. The lowest BCUT2D eigenvalue weighted by molar-refractivity contribution is 0.0659. The van der Waals surface area contributed by atoms with E-state index >= 15 is 0 Å². The van der Waals surface area contributed by atoms with Gasteiger partial charge in [0.05, 0.1) is 13.2 Å². The summed E-state index contributed by atoms with van der Waals surface area (Å²) in [4.78, 5) is 8.16. The molecule has 1 fully saturated rings. The molecule has 84 valence electrons. The van der Waals surface area contributed by atoms with Crippen LogP contribution in [-0.2, 0) is 4.74 Å². The van der Waals surface area contributed by atoms with Crippen LogP contribution < -0.4 is 5.32 Å². The molecule has 1 unspecified atom stereocenters. The van der Waals surface area contributed by atoms with Gasteiger partial charge < -0.3 is 14.6 Å². The molecule has 3 heterocycles. The number of aromatic amines is 1. The molecule has 8 heteroatoms. The second kappa shape index (κ2) is 3.99. The van der Waals surface area contributed by atoms with Crippen LogP contribution in [-0.4, -0.2) is 45.1 Å². The van der Waals surface area contributed by atoms with Crippen molar-refractivity contribution in [2.24, 2.45) is 0 Å². The zero-order valence-corrected chi connectivity index (χ0v) is 8.38. The molecular weight excluding hydrogens is 212 g/mol. The van der Waals surface area contributed by atoms with E-state index in [1.165, 1.54) is 6.33 Å². The van der Waals surface area contributed by atoms with Crippen LogP contribution in [0.15, 0.2) is 10.9 Å². The van der Waals surface area contributed by atoms with Crippen LogP contribution >= 0.6 is 0 Å². The molecule has 1 saturated heterocycles. The fourth-order valence-electron chi connectivity index (χ4n) is 1.51. The first kappa shape index (κ1) is 9.43. The van der Waals surface area contributed by atoms with Crippen molar-refractivity contribution in [2.45, 2.75) is 6.04 Å². The van der Waals surface area contributed by atoms with E-state index in [-0.39, 0.29) is 6.04 Å². The van der Waals surface area contributed by atoms with Crippen LogP contribution in [0.5, 0.6) is 0 Å². The smallest absolute Gasteiger partial charge is 0.246 e. The molecule has 2 N–H and O–H groups in total. The topological polar surface area (TPSA) is 102 Å². The first-order valence-electron chi connectivity index (χ1n) is 4.94. The van der Waals surface area contributed by atoms with Crippen LogP contribution in [0.25, 0.3) is 11.6 Å². The molecule has 1 aliphatic rings. The average Bonchev–Trinajstić information content (AvgIpc) is 3.01. The number of H-pyrrole nitrogens is 1. The molecule has 16 heavy (non-hydrogen) atoms. The third-order valence-corrected chi connectivity index (χ3v) is 2.29. The third kappa shape index (κ3) is 1.68. The number of ether oxygens (including phenoxy) is 1. The zero-order valence-electron chi connectivity index (χ0n) is 8.38. The largest absolute Gasteiger partial charge is 0.378 e. The average molecular weight is 222 g/mol. The fourth-order valence-corrected chi connectivity index (χ4v) is 1.51. The molecule has 0 aliphatic carbocycles. The lowest BCUT2D eigenvalue weighted by atomic mass is 10.3. The van der Waals surface area contributed by atoms with E-state index in [1.807, 2.05) is 0 Å². The summed E-state index contributed by atoms with van der Waals surface area (Å²) >= 11 is 0. The van der Waals surface area contributed by atoms with Crippen LogP contribution in [0.4, 0.5) is 0 Å². The Morgan fingerprint density at radius 3 is 3.19 bits per heavy atom. The van der Waals surface area contributed by atoms with Gasteiger partial charge in [0.2, 0.25) is 11.7 Å². The highest BCUT2D eigenvalue weighted by molar-refractivity contribution is 5.39. The van der Waals surface area contributed by atoms with E-state index in [0.29, 0.717) is 30.8 Å². The molecule has 0 amide bonds. The van der Waals surface area contributed by atoms with Gasteiger partial charge in [-0.05, 0) is 0 Å². The van der Waals surface area contributed by atoms with E-state index in [1.54, 1.807) is 0 Å². The van der Waals surface area contributed by atoms with Crippen molar-refractivity contribution in [2.75, 3.05) is 19.8 Å². The van der Waals surface area contributed by atoms with Crippen LogP contribution in [0.3, 0.4) is 0 Å². The van der Waals surface area contributed by atoms with Gasteiger partial charge in [0.25, 0.3) is 0 Å². The highest BCUT2D eigenvalue weighted by atomic mass is 16.5. The molecular formula is C8H10N6O2. The number of hydrogen-bond donors (Lipinski definition) is 2. The molecule has 0 saturated carbocycles. The van der Waals surface area contributed by atoms with E-state index in [0.717, 1.165) is 6.54 Å². The number of nitrogens with one attached hydrogen (secondary N) is 2. The Hall–Kier alpha value is -1.80. The lowest BCUT2D eigenvalue weighted by Crippen LogP contribution is -2.34. The second-order valence-corrected chi connectivity index (χ2v) is 3.37. The highest BCUT2D eigenvalue weighted by Gasteiger charge is 2.22. The maximum atomic E-state index is 5.31. The fraction of sp³-hybridized carbons (Fsp3) is 0.500. The summed E-state index contributed by atoms with van der Waals surface area (Å²) in [5.74, 6) is 1.40. The first-order valence-corrected chi connectivity index (χ1v) is 4.94. The Morgan fingerprint density at radius 2 is 2.44 bits per heavy atom.